The van der Waals surface area contributed by atoms with Gasteiger partial charge in [-0.3, -0.25) is 4.90 Å². The quantitative estimate of drug-likeness (QED) is 0.802. The number of nitrogens with two attached hydrogens (primary N) is 1. The molecule has 1 heterocycles. The molecule has 1 saturated carbocycles. The van der Waals surface area contributed by atoms with Gasteiger partial charge in [-0.05, 0) is 52.9 Å². The van der Waals surface area contributed by atoms with Gasteiger partial charge >= 0.3 is 0 Å². The van der Waals surface area contributed by atoms with Gasteiger partial charge in [0.25, 0.3) is 0 Å². The third-order valence-electron chi connectivity index (χ3n) is 3.86. The molecule has 0 radical (unpaired) electrons. The lowest BCUT2D eigenvalue weighted by molar-refractivity contribution is -0.182. The fraction of sp³-hybridized carbons (Fsp3) is 1.00. The zero-order valence-electron chi connectivity index (χ0n) is 11.8. The van der Waals surface area contributed by atoms with Crippen LogP contribution in [0.2, 0.25) is 0 Å². The van der Waals surface area contributed by atoms with Crippen molar-refractivity contribution in [2.75, 3.05) is 19.6 Å². The van der Waals surface area contributed by atoms with E-state index in [4.69, 9.17) is 10.5 Å². The second kappa shape index (κ2) is 4.52. The molecule has 100 valence electrons. The van der Waals surface area contributed by atoms with Crippen LogP contribution in [-0.2, 0) is 4.74 Å². The molecule has 2 atom stereocenters. The number of ether oxygens (including phenoxy) is 1. The molecule has 0 aromatic heterocycles. The smallest absolute Gasteiger partial charge is 0.0760 e. The van der Waals surface area contributed by atoms with Gasteiger partial charge in [0.15, 0.2) is 0 Å². The average Bonchev–Trinajstić information content (AvgIpc) is 2.44. The first-order valence-electron chi connectivity index (χ1n) is 6.94. The van der Waals surface area contributed by atoms with Gasteiger partial charge in [0, 0.05) is 25.7 Å². The maximum Gasteiger partial charge on any atom is 0.0760 e. The van der Waals surface area contributed by atoms with Crippen LogP contribution in [0.4, 0.5) is 0 Å². The molecule has 2 rings (SSSR count). The van der Waals surface area contributed by atoms with Crippen molar-refractivity contribution in [1.82, 2.24) is 4.90 Å². The van der Waals surface area contributed by atoms with Crippen molar-refractivity contribution < 1.29 is 4.74 Å². The fourth-order valence-corrected chi connectivity index (χ4v) is 3.72. The molecule has 0 aromatic rings. The van der Waals surface area contributed by atoms with Crippen LogP contribution in [0.25, 0.3) is 0 Å². The van der Waals surface area contributed by atoms with Gasteiger partial charge in [-0.1, -0.05) is 0 Å². The van der Waals surface area contributed by atoms with Gasteiger partial charge in [-0.25, -0.2) is 0 Å². The van der Waals surface area contributed by atoms with Crippen molar-refractivity contribution in [2.24, 2.45) is 11.7 Å². The molecule has 3 heteroatoms. The molecule has 2 N–H and O–H groups in total. The molecule has 17 heavy (non-hydrogen) atoms. The minimum atomic E-state index is -0.0253. The SMILES string of the molecule is CC1(C)CN(CC2CCC(N)C2)CC(C)(C)O1. The standard InChI is InChI=1S/C14H28N2O/c1-13(2)9-16(10-14(3,4)17-13)8-11-5-6-12(15)7-11/h11-12H,5-10,15H2,1-4H3. The number of nitrogens with zero attached hydrogens (tertiary/aromatic N) is 1. The normalized spacial score (nSPS) is 37.2. The Bertz CT molecular complexity index is 259. The van der Waals surface area contributed by atoms with E-state index in [0.29, 0.717) is 6.04 Å². The molecule has 1 saturated heterocycles. The highest BCUT2D eigenvalue weighted by atomic mass is 16.5. The van der Waals surface area contributed by atoms with Crippen LogP contribution in [0.1, 0.15) is 47.0 Å². The second-order valence-corrected chi connectivity index (χ2v) is 7.23. The zero-order chi connectivity index (χ0) is 12.7. The van der Waals surface area contributed by atoms with Gasteiger partial charge in [0.05, 0.1) is 11.2 Å². The monoisotopic (exact) mass is 240 g/mol. The molecular weight excluding hydrogens is 212 g/mol. The molecule has 0 bridgehead atoms. The average molecular weight is 240 g/mol. The van der Waals surface area contributed by atoms with Crippen LogP contribution in [0, 0.1) is 5.92 Å². The summed E-state index contributed by atoms with van der Waals surface area (Å²) in [6, 6.07) is 0.446. The van der Waals surface area contributed by atoms with Crippen molar-refractivity contribution in [2.45, 2.75) is 64.2 Å². The molecule has 2 unspecified atom stereocenters. The van der Waals surface area contributed by atoms with E-state index >= 15 is 0 Å². The van der Waals surface area contributed by atoms with Crippen LogP contribution in [0.5, 0.6) is 0 Å². The largest absolute Gasteiger partial charge is 0.367 e. The maximum absolute atomic E-state index is 6.11. The Morgan fingerprint density at radius 1 is 1.12 bits per heavy atom. The van der Waals surface area contributed by atoms with Crippen molar-refractivity contribution in [3.8, 4) is 0 Å². The highest BCUT2D eigenvalue weighted by molar-refractivity contribution is 4.91. The summed E-state index contributed by atoms with van der Waals surface area (Å²) < 4.78 is 6.11. The molecule has 3 nitrogen and oxygen atoms in total. The third kappa shape index (κ3) is 3.67. The van der Waals surface area contributed by atoms with E-state index in [1.54, 1.807) is 0 Å². The van der Waals surface area contributed by atoms with Crippen LogP contribution >= 0.6 is 0 Å². The number of hydrogen-bond donors (Lipinski definition) is 1. The molecule has 2 fully saturated rings. The first-order chi connectivity index (χ1) is 7.76. The molecule has 0 aromatic carbocycles. The van der Waals surface area contributed by atoms with Gasteiger partial charge in [-0.2, -0.15) is 0 Å². The molecule has 0 amide bonds. The Kier molecular flexibility index (Phi) is 3.54. The van der Waals surface area contributed by atoms with Crippen LogP contribution < -0.4 is 5.73 Å². The lowest BCUT2D eigenvalue weighted by Crippen LogP contribution is -2.57. The highest BCUT2D eigenvalue weighted by Crippen LogP contribution is 2.31. The van der Waals surface area contributed by atoms with Gasteiger partial charge in [-0.15, -0.1) is 0 Å². The van der Waals surface area contributed by atoms with E-state index in [0.717, 1.165) is 19.0 Å². The van der Waals surface area contributed by atoms with Crippen LogP contribution in [0.3, 0.4) is 0 Å². The van der Waals surface area contributed by atoms with Crippen molar-refractivity contribution >= 4 is 0 Å². The van der Waals surface area contributed by atoms with E-state index in [1.165, 1.54) is 25.8 Å². The van der Waals surface area contributed by atoms with Gasteiger partial charge in [0.2, 0.25) is 0 Å². The molecular formula is C14H28N2O. The lowest BCUT2D eigenvalue weighted by atomic mass is 9.97. The van der Waals surface area contributed by atoms with E-state index in [1.807, 2.05) is 0 Å². The summed E-state index contributed by atoms with van der Waals surface area (Å²) in [5, 5.41) is 0. The number of morpholine rings is 1. The summed E-state index contributed by atoms with van der Waals surface area (Å²) in [6.07, 6.45) is 3.72. The Labute approximate surface area is 106 Å². The lowest BCUT2D eigenvalue weighted by Gasteiger charge is -2.47. The summed E-state index contributed by atoms with van der Waals surface area (Å²) in [4.78, 5) is 2.58. The van der Waals surface area contributed by atoms with E-state index < -0.39 is 0 Å². The maximum atomic E-state index is 6.11. The first-order valence-corrected chi connectivity index (χ1v) is 6.94. The van der Waals surface area contributed by atoms with Gasteiger partial charge < -0.3 is 10.5 Å². The Morgan fingerprint density at radius 2 is 1.71 bits per heavy atom. The van der Waals surface area contributed by atoms with Crippen LogP contribution in [0.15, 0.2) is 0 Å². The van der Waals surface area contributed by atoms with Crippen molar-refractivity contribution in [1.29, 1.82) is 0 Å². The van der Waals surface area contributed by atoms with E-state index in [9.17, 15) is 0 Å². The Balaban J connectivity index is 1.92. The van der Waals surface area contributed by atoms with Crippen LogP contribution in [-0.4, -0.2) is 41.8 Å². The van der Waals surface area contributed by atoms with E-state index in [2.05, 4.69) is 32.6 Å². The predicted molar refractivity (Wildman–Crippen MR) is 71.0 cm³/mol. The summed E-state index contributed by atoms with van der Waals surface area (Å²) in [5.74, 6) is 0.801. The molecule has 0 spiro atoms. The molecule has 2 aliphatic rings. The number of rotatable bonds is 2. The van der Waals surface area contributed by atoms with Crippen molar-refractivity contribution in [3.63, 3.8) is 0 Å². The second-order valence-electron chi connectivity index (χ2n) is 7.23. The Hall–Kier alpha value is -0.120. The zero-order valence-corrected chi connectivity index (χ0v) is 11.8. The third-order valence-corrected chi connectivity index (χ3v) is 3.86. The summed E-state index contributed by atoms with van der Waals surface area (Å²) in [7, 11) is 0. The van der Waals surface area contributed by atoms with Crippen molar-refractivity contribution in [3.05, 3.63) is 0 Å². The minimum Gasteiger partial charge on any atom is -0.367 e. The fourth-order valence-electron chi connectivity index (χ4n) is 3.72. The van der Waals surface area contributed by atoms with Gasteiger partial charge in [0.1, 0.15) is 0 Å². The minimum absolute atomic E-state index is 0.0253. The van der Waals surface area contributed by atoms with E-state index in [-0.39, 0.29) is 11.2 Å². The summed E-state index contributed by atoms with van der Waals surface area (Å²) >= 11 is 0. The highest BCUT2D eigenvalue weighted by Gasteiger charge is 2.39. The number of hydrogen-bond acceptors (Lipinski definition) is 3. The molecule has 1 aliphatic carbocycles. The predicted octanol–water partition coefficient (Wildman–Crippen LogP) is 2.00. The topological polar surface area (TPSA) is 38.5 Å². The summed E-state index contributed by atoms with van der Waals surface area (Å²) in [5.41, 5.74) is 5.94. The molecule has 1 aliphatic heterocycles. The summed E-state index contributed by atoms with van der Waals surface area (Å²) in [6.45, 7) is 12.1. The first kappa shape index (κ1) is 13.3. The Morgan fingerprint density at radius 3 is 2.18 bits per heavy atom.